The smallest absolute Gasteiger partial charge is 0.339 e. The van der Waals surface area contributed by atoms with Crippen LogP contribution in [-0.4, -0.2) is 18.8 Å². The lowest BCUT2D eigenvalue weighted by atomic mass is 10.1. The molecule has 0 aromatic heterocycles. The van der Waals surface area contributed by atoms with Gasteiger partial charge in [0.25, 0.3) is 0 Å². The van der Waals surface area contributed by atoms with Crippen molar-refractivity contribution in [3.8, 4) is 6.07 Å². The highest BCUT2D eigenvalue weighted by atomic mass is 32.2. The van der Waals surface area contributed by atoms with Gasteiger partial charge in [-0.2, -0.15) is 5.26 Å². The van der Waals surface area contributed by atoms with E-state index in [-0.39, 0.29) is 0 Å². The maximum absolute atomic E-state index is 11.7. The zero-order chi connectivity index (χ0) is 12.1. The molecular weight excluding hydrogens is 222 g/mol. The lowest BCUT2D eigenvalue weighted by Crippen LogP contribution is -2.08. The van der Waals surface area contributed by atoms with E-state index < -0.39 is 5.97 Å². The highest BCUT2D eigenvalue weighted by Crippen LogP contribution is 2.25. The number of thioether (sulfide) groups is 1. The predicted octanol–water partition coefficient (Wildman–Crippen LogP) is 2.77. The van der Waals surface area contributed by atoms with Crippen molar-refractivity contribution < 1.29 is 9.53 Å². The molecule has 0 saturated heterocycles. The summed E-state index contributed by atoms with van der Waals surface area (Å²) in [6.45, 7) is 3.95. The molecule has 0 spiro atoms. The number of hydrogen-bond acceptors (Lipinski definition) is 4. The van der Waals surface area contributed by atoms with Crippen LogP contribution in [0.5, 0.6) is 0 Å². The van der Waals surface area contributed by atoms with E-state index in [1.165, 1.54) is 11.8 Å². The topological polar surface area (TPSA) is 50.1 Å². The van der Waals surface area contributed by atoms with Crippen molar-refractivity contribution in [1.29, 1.82) is 5.26 Å². The SMILES string of the molecule is CCOC(=O)c1cc(C)cc(SC)c1C#N. The van der Waals surface area contributed by atoms with Crippen LogP contribution in [0.25, 0.3) is 0 Å². The second-order valence-electron chi connectivity index (χ2n) is 3.22. The third kappa shape index (κ3) is 2.56. The Hall–Kier alpha value is -1.47. The van der Waals surface area contributed by atoms with Crippen LogP contribution in [0.3, 0.4) is 0 Å². The van der Waals surface area contributed by atoms with E-state index in [0.29, 0.717) is 17.7 Å². The maximum Gasteiger partial charge on any atom is 0.339 e. The molecule has 0 aliphatic heterocycles. The number of esters is 1. The molecule has 3 nitrogen and oxygen atoms in total. The Labute approximate surface area is 99.4 Å². The third-order valence-corrected chi connectivity index (χ3v) is 2.84. The standard InChI is InChI=1S/C12H13NO2S/c1-4-15-12(14)9-5-8(2)6-11(16-3)10(9)7-13/h5-6H,4H2,1-3H3. The van der Waals surface area contributed by atoms with Crippen LogP contribution in [-0.2, 0) is 4.74 Å². The Balaban J connectivity index is 3.32. The van der Waals surface area contributed by atoms with Gasteiger partial charge in [-0.15, -0.1) is 11.8 Å². The van der Waals surface area contributed by atoms with E-state index >= 15 is 0 Å². The number of nitriles is 1. The summed E-state index contributed by atoms with van der Waals surface area (Å²) in [6, 6.07) is 5.65. The Morgan fingerprint density at radius 2 is 2.25 bits per heavy atom. The minimum absolute atomic E-state index is 0.312. The maximum atomic E-state index is 11.7. The zero-order valence-electron chi connectivity index (χ0n) is 9.53. The number of hydrogen-bond donors (Lipinski definition) is 0. The summed E-state index contributed by atoms with van der Waals surface area (Å²) in [7, 11) is 0. The molecule has 84 valence electrons. The predicted molar refractivity (Wildman–Crippen MR) is 63.6 cm³/mol. The summed E-state index contributed by atoms with van der Waals surface area (Å²) in [5.74, 6) is -0.432. The number of carbonyl (C=O) groups excluding carboxylic acids is 1. The molecule has 16 heavy (non-hydrogen) atoms. The lowest BCUT2D eigenvalue weighted by Gasteiger charge is -2.08. The number of ether oxygens (including phenoxy) is 1. The first-order valence-corrected chi connectivity index (χ1v) is 6.12. The molecule has 4 heteroatoms. The van der Waals surface area contributed by atoms with Gasteiger partial charge in [-0.3, -0.25) is 0 Å². The van der Waals surface area contributed by atoms with Gasteiger partial charge in [0.05, 0.1) is 17.7 Å². The highest BCUT2D eigenvalue weighted by molar-refractivity contribution is 7.98. The van der Waals surface area contributed by atoms with E-state index in [1.807, 2.05) is 19.2 Å². The minimum Gasteiger partial charge on any atom is -0.462 e. The van der Waals surface area contributed by atoms with Crippen LogP contribution in [0.15, 0.2) is 17.0 Å². The quantitative estimate of drug-likeness (QED) is 0.597. The summed E-state index contributed by atoms with van der Waals surface area (Å²) in [6.07, 6.45) is 1.88. The molecule has 1 rings (SSSR count). The van der Waals surface area contributed by atoms with Gasteiger partial charge in [0.2, 0.25) is 0 Å². The van der Waals surface area contributed by atoms with Crippen molar-refractivity contribution in [2.24, 2.45) is 0 Å². The first-order chi connectivity index (χ1) is 7.63. The molecule has 0 N–H and O–H groups in total. The number of nitrogens with zero attached hydrogens (tertiary/aromatic N) is 1. The molecule has 1 aromatic rings. The van der Waals surface area contributed by atoms with Crippen LogP contribution in [0.2, 0.25) is 0 Å². The Kier molecular flexibility index (Phi) is 4.39. The molecule has 0 amide bonds. The van der Waals surface area contributed by atoms with Crippen molar-refractivity contribution in [3.05, 3.63) is 28.8 Å². The molecule has 0 aliphatic rings. The molecule has 0 bridgehead atoms. The number of rotatable bonds is 3. The van der Waals surface area contributed by atoms with Crippen LogP contribution >= 0.6 is 11.8 Å². The monoisotopic (exact) mass is 235 g/mol. The molecule has 1 aromatic carbocycles. The van der Waals surface area contributed by atoms with E-state index in [4.69, 9.17) is 10.00 Å². The molecule has 0 radical (unpaired) electrons. The minimum atomic E-state index is -0.432. The number of carbonyl (C=O) groups is 1. The summed E-state index contributed by atoms with van der Waals surface area (Å²) in [5, 5.41) is 9.07. The van der Waals surface area contributed by atoms with Crippen LogP contribution in [0.1, 0.15) is 28.4 Å². The van der Waals surface area contributed by atoms with Crippen LogP contribution < -0.4 is 0 Å². The van der Waals surface area contributed by atoms with Crippen molar-refractivity contribution in [2.45, 2.75) is 18.7 Å². The summed E-state index contributed by atoms with van der Waals surface area (Å²) in [5.41, 5.74) is 1.71. The Morgan fingerprint density at radius 3 is 2.75 bits per heavy atom. The van der Waals surface area contributed by atoms with E-state index in [1.54, 1.807) is 13.0 Å². The molecule has 0 atom stereocenters. The van der Waals surface area contributed by atoms with Crippen molar-refractivity contribution >= 4 is 17.7 Å². The van der Waals surface area contributed by atoms with Crippen molar-refractivity contribution in [3.63, 3.8) is 0 Å². The Morgan fingerprint density at radius 1 is 1.56 bits per heavy atom. The third-order valence-electron chi connectivity index (χ3n) is 2.07. The highest BCUT2D eigenvalue weighted by Gasteiger charge is 2.16. The van der Waals surface area contributed by atoms with Crippen LogP contribution in [0.4, 0.5) is 0 Å². The summed E-state index contributed by atoms with van der Waals surface area (Å²) >= 11 is 1.45. The first-order valence-electron chi connectivity index (χ1n) is 4.89. The number of benzene rings is 1. The van der Waals surface area contributed by atoms with Gasteiger partial charge in [0, 0.05) is 4.90 Å². The van der Waals surface area contributed by atoms with Gasteiger partial charge in [-0.1, -0.05) is 0 Å². The van der Waals surface area contributed by atoms with Gasteiger partial charge in [0.15, 0.2) is 0 Å². The average molecular weight is 235 g/mol. The van der Waals surface area contributed by atoms with Gasteiger partial charge < -0.3 is 4.74 Å². The molecule has 0 heterocycles. The van der Waals surface area contributed by atoms with Gasteiger partial charge in [-0.05, 0) is 37.8 Å². The fourth-order valence-corrected chi connectivity index (χ4v) is 2.06. The number of aryl methyl sites for hydroxylation is 1. The van der Waals surface area contributed by atoms with E-state index in [9.17, 15) is 4.79 Å². The Bertz CT molecular complexity index is 449. The molecular formula is C12H13NO2S. The lowest BCUT2D eigenvalue weighted by molar-refractivity contribution is 0.0525. The zero-order valence-corrected chi connectivity index (χ0v) is 10.4. The van der Waals surface area contributed by atoms with Gasteiger partial charge in [0.1, 0.15) is 6.07 Å². The molecule has 0 aliphatic carbocycles. The average Bonchev–Trinajstić information content (AvgIpc) is 2.28. The second-order valence-corrected chi connectivity index (χ2v) is 4.07. The van der Waals surface area contributed by atoms with Crippen LogP contribution in [0, 0.1) is 18.3 Å². The first kappa shape index (κ1) is 12.6. The van der Waals surface area contributed by atoms with Crippen molar-refractivity contribution in [1.82, 2.24) is 0 Å². The van der Waals surface area contributed by atoms with E-state index in [2.05, 4.69) is 6.07 Å². The fraction of sp³-hybridized carbons (Fsp3) is 0.333. The summed E-state index contributed by atoms with van der Waals surface area (Å²) < 4.78 is 4.93. The molecule has 0 unspecified atom stereocenters. The second kappa shape index (κ2) is 5.57. The molecule has 0 saturated carbocycles. The van der Waals surface area contributed by atoms with E-state index in [0.717, 1.165) is 10.5 Å². The van der Waals surface area contributed by atoms with Gasteiger partial charge >= 0.3 is 5.97 Å². The summed E-state index contributed by atoms with van der Waals surface area (Å²) in [4.78, 5) is 12.5. The van der Waals surface area contributed by atoms with Gasteiger partial charge in [-0.25, -0.2) is 4.79 Å². The van der Waals surface area contributed by atoms with Crippen molar-refractivity contribution in [2.75, 3.05) is 12.9 Å². The molecule has 0 fully saturated rings. The largest absolute Gasteiger partial charge is 0.462 e. The normalized spacial score (nSPS) is 9.62. The fourth-order valence-electron chi connectivity index (χ4n) is 1.40.